The van der Waals surface area contributed by atoms with Crippen molar-refractivity contribution in [3.05, 3.63) is 34.9 Å². The topological polar surface area (TPSA) is 12.0 Å². The molecule has 0 saturated heterocycles. The van der Waals surface area contributed by atoms with Crippen LogP contribution in [0.1, 0.15) is 24.9 Å². The minimum Gasteiger partial charge on any atom is -0.305 e. The van der Waals surface area contributed by atoms with Crippen molar-refractivity contribution < 1.29 is 8.78 Å². The first-order chi connectivity index (χ1) is 7.16. The zero-order chi connectivity index (χ0) is 11.3. The van der Waals surface area contributed by atoms with E-state index in [1.165, 1.54) is 0 Å². The SMILES string of the molecule is CCCNC(c1ccccc1Cl)C(F)F. The van der Waals surface area contributed by atoms with E-state index in [0.717, 1.165) is 6.42 Å². The normalized spacial score (nSPS) is 13.1. The first-order valence-corrected chi connectivity index (χ1v) is 5.30. The van der Waals surface area contributed by atoms with E-state index in [1.807, 2.05) is 6.92 Å². The Bertz CT molecular complexity index is 304. The van der Waals surface area contributed by atoms with Gasteiger partial charge in [-0.1, -0.05) is 36.7 Å². The third-order valence-electron chi connectivity index (χ3n) is 2.11. The molecule has 4 heteroatoms. The number of hydrogen-bond acceptors (Lipinski definition) is 1. The van der Waals surface area contributed by atoms with Crippen molar-refractivity contribution in [3.8, 4) is 0 Å². The number of benzene rings is 1. The van der Waals surface area contributed by atoms with E-state index in [-0.39, 0.29) is 0 Å². The highest BCUT2D eigenvalue weighted by atomic mass is 35.5. The average molecular weight is 234 g/mol. The van der Waals surface area contributed by atoms with Crippen LogP contribution in [0.4, 0.5) is 8.78 Å². The lowest BCUT2D eigenvalue weighted by atomic mass is 10.1. The highest BCUT2D eigenvalue weighted by Gasteiger charge is 2.23. The van der Waals surface area contributed by atoms with Crippen molar-refractivity contribution in [1.82, 2.24) is 5.32 Å². The van der Waals surface area contributed by atoms with Crippen LogP contribution in [0.15, 0.2) is 24.3 Å². The molecule has 84 valence electrons. The van der Waals surface area contributed by atoms with E-state index >= 15 is 0 Å². The predicted molar refractivity (Wildman–Crippen MR) is 58.5 cm³/mol. The van der Waals surface area contributed by atoms with Gasteiger partial charge in [-0.3, -0.25) is 0 Å². The molecule has 0 aliphatic rings. The molecule has 0 amide bonds. The molecule has 0 fully saturated rings. The molecule has 1 nitrogen and oxygen atoms in total. The van der Waals surface area contributed by atoms with E-state index in [4.69, 9.17) is 11.6 Å². The van der Waals surface area contributed by atoms with Crippen LogP contribution in [0.5, 0.6) is 0 Å². The van der Waals surface area contributed by atoms with Gasteiger partial charge >= 0.3 is 0 Å². The number of hydrogen-bond donors (Lipinski definition) is 1. The lowest BCUT2D eigenvalue weighted by Gasteiger charge is -2.18. The number of rotatable bonds is 5. The van der Waals surface area contributed by atoms with Gasteiger partial charge in [0.05, 0.1) is 6.04 Å². The zero-order valence-corrected chi connectivity index (χ0v) is 9.27. The van der Waals surface area contributed by atoms with Gasteiger partial charge in [0.2, 0.25) is 0 Å². The molecule has 0 saturated carbocycles. The lowest BCUT2D eigenvalue weighted by Crippen LogP contribution is -2.28. The van der Waals surface area contributed by atoms with Crippen molar-refractivity contribution in [3.63, 3.8) is 0 Å². The Hall–Kier alpha value is -0.670. The van der Waals surface area contributed by atoms with Gasteiger partial charge in [-0.15, -0.1) is 0 Å². The summed E-state index contributed by atoms with van der Waals surface area (Å²) in [5.74, 6) is 0. The molecular weight excluding hydrogens is 220 g/mol. The Morgan fingerprint density at radius 3 is 2.53 bits per heavy atom. The first kappa shape index (κ1) is 12.4. The van der Waals surface area contributed by atoms with Crippen molar-refractivity contribution in [2.24, 2.45) is 0 Å². The van der Waals surface area contributed by atoms with Crippen LogP contribution in [-0.4, -0.2) is 13.0 Å². The summed E-state index contributed by atoms with van der Waals surface area (Å²) in [4.78, 5) is 0. The summed E-state index contributed by atoms with van der Waals surface area (Å²) in [5.41, 5.74) is 0.461. The van der Waals surface area contributed by atoms with Gasteiger partial charge in [0, 0.05) is 5.02 Å². The fourth-order valence-electron chi connectivity index (χ4n) is 1.36. The highest BCUT2D eigenvalue weighted by Crippen LogP contribution is 2.27. The Labute approximate surface area is 93.4 Å². The van der Waals surface area contributed by atoms with Gasteiger partial charge in [-0.05, 0) is 24.6 Å². The number of halogens is 3. The molecule has 0 heterocycles. The molecular formula is C11H14ClF2N. The van der Waals surface area contributed by atoms with Crippen LogP contribution in [0, 0.1) is 0 Å². The molecule has 0 radical (unpaired) electrons. The Morgan fingerprint density at radius 2 is 2.00 bits per heavy atom. The molecule has 1 rings (SSSR count). The van der Waals surface area contributed by atoms with Gasteiger partial charge < -0.3 is 5.32 Å². The molecule has 1 atom stereocenters. The summed E-state index contributed by atoms with van der Waals surface area (Å²) in [7, 11) is 0. The predicted octanol–water partition coefficient (Wildman–Crippen LogP) is 3.65. The van der Waals surface area contributed by atoms with E-state index in [1.54, 1.807) is 24.3 Å². The summed E-state index contributed by atoms with van der Waals surface area (Å²) in [6.45, 7) is 2.49. The van der Waals surface area contributed by atoms with Crippen LogP contribution in [0.3, 0.4) is 0 Å². The third-order valence-corrected chi connectivity index (χ3v) is 2.45. The van der Waals surface area contributed by atoms with Gasteiger partial charge in [-0.25, -0.2) is 8.78 Å². The Kier molecular flexibility index (Phi) is 4.99. The molecule has 15 heavy (non-hydrogen) atoms. The first-order valence-electron chi connectivity index (χ1n) is 4.92. The number of alkyl halides is 2. The zero-order valence-electron chi connectivity index (χ0n) is 8.51. The standard InChI is InChI=1S/C11H14ClF2N/c1-2-7-15-10(11(13)14)8-5-3-4-6-9(8)12/h3-6,10-11,15H,2,7H2,1H3. The summed E-state index contributed by atoms with van der Waals surface area (Å²) in [5, 5.41) is 3.17. The van der Waals surface area contributed by atoms with E-state index in [9.17, 15) is 8.78 Å². The quantitative estimate of drug-likeness (QED) is 0.819. The average Bonchev–Trinajstić information content (AvgIpc) is 2.20. The van der Waals surface area contributed by atoms with Crippen LogP contribution >= 0.6 is 11.6 Å². The molecule has 0 bridgehead atoms. The van der Waals surface area contributed by atoms with Gasteiger partial charge in [-0.2, -0.15) is 0 Å². The third kappa shape index (κ3) is 3.43. The van der Waals surface area contributed by atoms with Crippen molar-refractivity contribution in [2.75, 3.05) is 6.54 Å². The van der Waals surface area contributed by atoms with Crippen LogP contribution in [0.2, 0.25) is 5.02 Å². The van der Waals surface area contributed by atoms with Gasteiger partial charge in [0.25, 0.3) is 6.43 Å². The van der Waals surface area contributed by atoms with Crippen LogP contribution in [0.25, 0.3) is 0 Å². The minimum atomic E-state index is -2.45. The van der Waals surface area contributed by atoms with E-state index in [2.05, 4.69) is 5.32 Å². The molecule has 0 aromatic heterocycles. The van der Waals surface area contributed by atoms with E-state index in [0.29, 0.717) is 17.1 Å². The molecule has 0 aliphatic heterocycles. The maximum absolute atomic E-state index is 12.8. The second kappa shape index (κ2) is 6.03. The molecule has 0 spiro atoms. The molecule has 1 unspecified atom stereocenters. The fraction of sp³-hybridized carbons (Fsp3) is 0.455. The van der Waals surface area contributed by atoms with Gasteiger partial charge in [0.15, 0.2) is 0 Å². The fourth-order valence-corrected chi connectivity index (χ4v) is 1.62. The van der Waals surface area contributed by atoms with E-state index < -0.39 is 12.5 Å². The second-order valence-electron chi connectivity index (χ2n) is 3.29. The Morgan fingerprint density at radius 1 is 1.33 bits per heavy atom. The maximum Gasteiger partial charge on any atom is 0.257 e. The molecule has 1 aromatic carbocycles. The summed E-state index contributed by atoms with van der Waals surface area (Å²) >= 11 is 5.87. The molecule has 0 aliphatic carbocycles. The largest absolute Gasteiger partial charge is 0.305 e. The second-order valence-corrected chi connectivity index (χ2v) is 3.69. The highest BCUT2D eigenvalue weighted by molar-refractivity contribution is 6.31. The Balaban J connectivity index is 2.84. The van der Waals surface area contributed by atoms with Gasteiger partial charge in [0.1, 0.15) is 0 Å². The summed E-state index contributed by atoms with van der Waals surface area (Å²) < 4.78 is 25.5. The lowest BCUT2D eigenvalue weighted by molar-refractivity contribution is 0.0985. The van der Waals surface area contributed by atoms with Crippen LogP contribution in [-0.2, 0) is 0 Å². The maximum atomic E-state index is 12.8. The van der Waals surface area contributed by atoms with Crippen LogP contribution < -0.4 is 5.32 Å². The van der Waals surface area contributed by atoms with Crippen molar-refractivity contribution in [1.29, 1.82) is 0 Å². The molecule has 1 aromatic rings. The monoisotopic (exact) mass is 233 g/mol. The summed E-state index contributed by atoms with van der Waals surface area (Å²) in [6, 6.07) is 5.72. The summed E-state index contributed by atoms with van der Waals surface area (Å²) in [6.07, 6.45) is -1.63. The smallest absolute Gasteiger partial charge is 0.257 e. The molecule has 1 N–H and O–H groups in total. The van der Waals surface area contributed by atoms with Crippen molar-refractivity contribution in [2.45, 2.75) is 25.8 Å². The number of nitrogens with one attached hydrogen (secondary N) is 1. The van der Waals surface area contributed by atoms with Crippen molar-refractivity contribution >= 4 is 11.6 Å². The minimum absolute atomic E-state index is 0.381.